The van der Waals surface area contributed by atoms with Crippen LogP contribution >= 0.6 is 34.7 Å². The molecule has 2 aromatic carbocycles. The Bertz CT molecular complexity index is 1220. The minimum Gasteiger partial charge on any atom is -0.494 e. The number of thiazole rings is 1. The molecule has 4 aromatic rings. The van der Waals surface area contributed by atoms with Crippen LogP contribution in [0.1, 0.15) is 13.8 Å². The van der Waals surface area contributed by atoms with E-state index in [0.29, 0.717) is 28.5 Å². The number of carbonyl (C=O) groups is 1. The Morgan fingerprint density at radius 1 is 1.09 bits per heavy atom. The second-order valence-electron chi connectivity index (χ2n) is 6.89. The summed E-state index contributed by atoms with van der Waals surface area (Å²) in [7, 11) is 0. The highest BCUT2D eigenvalue weighted by Crippen LogP contribution is 2.28. The topological polar surface area (TPSA) is 81.9 Å². The van der Waals surface area contributed by atoms with Crippen LogP contribution in [0.25, 0.3) is 22.6 Å². The van der Waals surface area contributed by atoms with E-state index >= 15 is 0 Å². The van der Waals surface area contributed by atoms with Crippen molar-refractivity contribution < 1.29 is 9.53 Å². The van der Waals surface area contributed by atoms with Gasteiger partial charge in [-0.2, -0.15) is 0 Å². The molecule has 0 saturated carbocycles. The van der Waals surface area contributed by atoms with Gasteiger partial charge in [-0.1, -0.05) is 35.5 Å². The number of ether oxygens (including phenoxy) is 1. The van der Waals surface area contributed by atoms with Gasteiger partial charge >= 0.3 is 0 Å². The fraction of sp³-hybridized carbons (Fsp3) is 0.217. The van der Waals surface area contributed by atoms with Crippen molar-refractivity contribution in [1.82, 2.24) is 19.7 Å². The van der Waals surface area contributed by atoms with Crippen molar-refractivity contribution in [3.8, 4) is 28.4 Å². The number of nitrogens with zero attached hydrogens (tertiary/aromatic N) is 4. The van der Waals surface area contributed by atoms with Crippen molar-refractivity contribution >= 4 is 45.7 Å². The molecule has 0 fully saturated rings. The lowest BCUT2D eigenvalue weighted by Crippen LogP contribution is -2.14. The number of nitrogens with one attached hydrogen (secondary N) is 1. The van der Waals surface area contributed by atoms with E-state index in [-0.39, 0.29) is 11.7 Å². The van der Waals surface area contributed by atoms with Gasteiger partial charge in [-0.15, -0.1) is 21.5 Å². The molecule has 2 aromatic heterocycles. The summed E-state index contributed by atoms with van der Waals surface area (Å²) in [4.78, 5) is 17.0. The molecule has 33 heavy (non-hydrogen) atoms. The molecule has 0 aliphatic heterocycles. The summed E-state index contributed by atoms with van der Waals surface area (Å²) in [6.07, 6.45) is 0. The van der Waals surface area contributed by atoms with E-state index in [1.807, 2.05) is 72.3 Å². The molecule has 7 nitrogen and oxygen atoms in total. The number of aromatic nitrogens is 4. The highest BCUT2D eigenvalue weighted by Gasteiger charge is 2.15. The number of anilines is 1. The molecular formula is C23H22ClN5O2S2. The third kappa shape index (κ3) is 5.73. The molecule has 0 saturated heterocycles. The first kappa shape index (κ1) is 23.3. The van der Waals surface area contributed by atoms with Crippen LogP contribution in [0.15, 0.2) is 59.1 Å². The van der Waals surface area contributed by atoms with Crippen LogP contribution in [0.3, 0.4) is 0 Å². The number of amides is 1. The highest BCUT2D eigenvalue weighted by molar-refractivity contribution is 7.99. The SMILES string of the molecule is CCOc1ccc(-c2nnc(SCC(=O)Nc3nc(-c4ccc(Cl)cc4)cs3)n2CC)cc1. The molecule has 2 heterocycles. The van der Waals surface area contributed by atoms with Crippen molar-refractivity contribution in [1.29, 1.82) is 0 Å². The highest BCUT2D eigenvalue weighted by atomic mass is 35.5. The van der Waals surface area contributed by atoms with Crippen LogP contribution in [-0.2, 0) is 11.3 Å². The average molecular weight is 500 g/mol. The molecule has 10 heteroatoms. The molecule has 0 aliphatic rings. The Morgan fingerprint density at radius 2 is 1.82 bits per heavy atom. The zero-order chi connectivity index (χ0) is 23.2. The summed E-state index contributed by atoms with van der Waals surface area (Å²) in [6.45, 7) is 5.29. The Labute approximate surface area is 205 Å². The first-order valence-corrected chi connectivity index (χ1v) is 12.6. The fourth-order valence-corrected chi connectivity index (χ4v) is 4.79. The first-order valence-electron chi connectivity index (χ1n) is 10.4. The summed E-state index contributed by atoms with van der Waals surface area (Å²) in [5.74, 6) is 1.63. The lowest BCUT2D eigenvalue weighted by atomic mass is 10.2. The van der Waals surface area contributed by atoms with E-state index in [4.69, 9.17) is 16.3 Å². The lowest BCUT2D eigenvalue weighted by molar-refractivity contribution is -0.113. The van der Waals surface area contributed by atoms with Gasteiger partial charge in [-0.3, -0.25) is 4.79 Å². The summed E-state index contributed by atoms with van der Waals surface area (Å²) in [6, 6.07) is 15.2. The van der Waals surface area contributed by atoms with Gasteiger partial charge in [0, 0.05) is 28.1 Å². The van der Waals surface area contributed by atoms with Crippen molar-refractivity contribution in [3.05, 3.63) is 58.9 Å². The second kappa shape index (κ2) is 10.8. The minimum absolute atomic E-state index is 0.148. The van der Waals surface area contributed by atoms with Gasteiger partial charge in [0.05, 0.1) is 18.1 Å². The smallest absolute Gasteiger partial charge is 0.236 e. The molecule has 170 valence electrons. The third-order valence-electron chi connectivity index (χ3n) is 4.68. The van der Waals surface area contributed by atoms with Gasteiger partial charge in [0.25, 0.3) is 0 Å². The quantitative estimate of drug-likeness (QED) is 0.290. The molecule has 0 aliphatic carbocycles. The van der Waals surface area contributed by atoms with E-state index in [1.165, 1.54) is 23.1 Å². The number of halogens is 1. The van der Waals surface area contributed by atoms with Crippen molar-refractivity contribution in [2.75, 3.05) is 17.7 Å². The molecule has 0 bridgehead atoms. The van der Waals surface area contributed by atoms with Gasteiger partial charge in [-0.25, -0.2) is 4.98 Å². The number of rotatable bonds is 9. The van der Waals surface area contributed by atoms with Crippen molar-refractivity contribution in [2.45, 2.75) is 25.5 Å². The van der Waals surface area contributed by atoms with Gasteiger partial charge in [0.2, 0.25) is 5.91 Å². The van der Waals surface area contributed by atoms with Crippen LogP contribution in [0.4, 0.5) is 5.13 Å². The van der Waals surface area contributed by atoms with Gasteiger partial charge < -0.3 is 14.6 Å². The molecule has 0 unspecified atom stereocenters. The lowest BCUT2D eigenvalue weighted by Gasteiger charge is -2.08. The number of hydrogen-bond acceptors (Lipinski definition) is 7. The minimum atomic E-state index is -0.148. The number of hydrogen-bond donors (Lipinski definition) is 1. The zero-order valence-corrected chi connectivity index (χ0v) is 20.5. The van der Waals surface area contributed by atoms with E-state index in [1.54, 1.807) is 0 Å². The van der Waals surface area contributed by atoms with Crippen LogP contribution in [-0.4, -0.2) is 38.0 Å². The average Bonchev–Trinajstić information content (AvgIpc) is 3.46. The zero-order valence-electron chi connectivity index (χ0n) is 18.1. The van der Waals surface area contributed by atoms with Crippen LogP contribution < -0.4 is 10.1 Å². The van der Waals surface area contributed by atoms with Crippen molar-refractivity contribution in [2.24, 2.45) is 0 Å². The molecule has 0 radical (unpaired) electrons. The van der Waals surface area contributed by atoms with E-state index in [2.05, 4.69) is 20.5 Å². The largest absolute Gasteiger partial charge is 0.494 e. The molecular weight excluding hydrogens is 478 g/mol. The molecule has 0 atom stereocenters. The van der Waals surface area contributed by atoms with Crippen LogP contribution in [0.5, 0.6) is 5.75 Å². The Morgan fingerprint density at radius 3 is 2.52 bits per heavy atom. The summed E-state index contributed by atoms with van der Waals surface area (Å²) >= 11 is 8.67. The van der Waals surface area contributed by atoms with Crippen LogP contribution in [0, 0.1) is 0 Å². The second-order valence-corrected chi connectivity index (χ2v) is 9.13. The number of carbonyl (C=O) groups excluding carboxylic acids is 1. The monoisotopic (exact) mass is 499 g/mol. The predicted molar refractivity (Wildman–Crippen MR) is 134 cm³/mol. The maximum Gasteiger partial charge on any atom is 0.236 e. The third-order valence-corrected chi connectivity index (χ3v) is 6.66. The number of benzene rings is 2. The van der Waals surface area contributed by atoms with Gasteiger partial charge in [0.15, 0.2) is 16.1 Å². The van der Waals surface area contributed by atoms with E-state index in [9.17, 15) is 4.79 Å². The predicted octanol–water partition coefficient (Wildman–Crippen LogP) is 5.87. The summed E-state index contributed by atoms with van der Waals surface area (Å²) in [5, 5.41) is 15.3. The molecule has 1 N–H and O–H groups in total. The fourth-order valence-electron chi connectivity index (χ4n) is 3.13. The Hall–Kier alpha value is -2.88. The normalized spacial score (nSPS) is 10.9. The summed E-state index contributed by atoms with van der Waals surface area (Å²) in [5.41, 5.74) is 2.69. The number of thioether (sulfide) groups is 1. The maximum atomic E-state index is 12.5. The van der Waals surface area contributed by atoms with Crippen molar-refractivity contribution in [3.63, 3.8) is 0 Å². The molecule has 1 amide bonds. The van der Waals surface area contributed by atoms with Gasteiger partial charge in [0.1, 0.15) is 5.75 Å². The molecule has 0 spiro atoms. The van der Waals surface area contributed by atoms with E-state index in [0.717, 1.165) is 28.4 Å². The molecule has 4 rings (SSSR count). The Balaban J connectivity index is 1.38. The van der Waals surface area contributed by atoms with Crippen LogP contribution in [0.2, 0.25) is 5.02 Å². The standard InChI is InChI=1S/C23H22ClN5O2S2/c1-3-29-21(16-7-11-18(12-8-16)31-4-2)27-28-23(29)33-14-20(30)26-22-25-19(13-32-22)15-5-9-17(24)10-6-15/h5-13H,3-4,14H2,1-2H3,(H,25,26,30). The van der Waals surface area contributed by atoms with Gasteiger partial charge in [-0.05, 0) is 50.2 Å². The van der Waals surface area contributed by atoms with E-state index < -0.39 is 0 Å². The first-order chi connectivity index (χ1) is 16.1. The Kier molecular flexibility index (Phi) is 7.64. The summed E-state index contributed by atoms with van der Waals surface area (Å²) < 4.78 is 7.50. The maximum absolute atomic E-state index is 12.5.